The van der Waals surface area contributed by atoms with Gasteiger partial charge in [-0.3, -0.25) is 5.14 Å². The quantitative estimate of drug-likeness (QED) is 0.512. The van der Waals surface area contributed by atoms with Crippen LogP contribution < -0.4 is 5.14 Å². The molecule has 0 spiro atoms. The Hall–Kier alpha value is -0.480. The summed E-state index contributed by atoms with van der Waals surface area (Å²) in [6.07, 6.45) is 4.12. The summed E-state index contributed by atoms with van der Waals surface area (Å²) in [5.74, 6) is 0. The first-order valence-corrected chi connectivity index (χ1v) is 2.59. The van der Waals surface area contributed by atoms with Gasteiger partial charge in [-0.05, 0) is 11.9 Å². The van der Waals surface area contributed by atoms with Crippen LogP contribution in [-0.4, -0.2) is 9.97 Å². The van der Waals surface area contributed by atoms with Crippen LogP contribution in [0.15, 0.2) is 11.2 Å². The topological polar surface area (TPSA) is 54.7 Å². The van der Waals surface area contributed by atoms with Crippen LogP contribution in [0.4, 0.5) is 0 Å². The molecule has 7 heavy (non-hydrogen) atoms. The molecule has 0 aromatic carbocycles. The van der Waals surface area contributed by atoms with Crippen LogP contribution in [0.2, 0.25) is 0 Å². The van der Waals surface area contributed by atoms with Crippen molar-refractivity contribution in [1.82, 2.24) is 9.97 Å². The lowest BCUT2D eigenvalue weighted by molar-refractivity contribution is 1.19. The average molecular weight is 114 g/mol. The minimum absolute atomic E-state index is 0.833. The van der Waals surface area contributed by atoms with Gasteiger partial charge in [-0.1, -0.05) is 0 Å². The van der Waals surface area contributed by atoms with Crippen molar-refractivity contribution in [3.05, 3.63) is 12.5 Å². The van der Waals surface area contributed by atoms with Gasteiger partial charge in [0.2, 0.25) is 0 Å². The molecule has 0 fully saturated rings. The first kappa shape index (κ1) is 4.67. The lowest BCUT2D eigenvalue weighted by atomic mass is 11.0. The molecule has 1 rings (SSSR count). The second-order valence-electron chi connectivity index (χ2n) is 0.977. The maximum Gasteiger partial charge on any atom is 0.174 e. The van der Waals surface area contributed by atoms with E-state index >= 15 is 0 Å². The molecule has 1 aromatic heterocycles. The summed E-state index contributed by atoms with van der Waals surface area (Å²) < 4.78 is 0. The highest BCUT2D eigenvalue weighted by Crippen LogP contribution is 2.01. The first-order valence-electron chi connectivity index (χ1n) is 1.71. The van der Waals surface area contributed by atoms with E-state index in [0.717, 1.165) is 17.0 Å². The monoisotopic (exact) mass is 114 g/mol. The summed E-state index contributed by atoms with van der Waals surface area (Å²) in [5, 5.41) is 5.95. The average Bonchev–Trinajstić information content (AvgIpc) is 2.14. The lowest BCUT2D eigenvalue weighted by Crippen LogP contribution is -1.75. The fourth-order valence-electron chi connectivity index (χ4n) is 0.270. The van der Waals surface area contributed by atoms with Crippen LogP contribution >= 0.6 is 11.9 Å². The maximum atomic E-state index is 5.12. The van der Waals surface area contributed by atoms with E-state index in [0.29, 0.717) is 0 Å². The van der Waals surface area contributed by atoms with Crippen molar-refractivity contribution in [2.45, 2.75) is 5.03 Å². The molecule has 0 saturated carbocycles. The van der Waals surface area contributed by atoms with E-state index in [1.165, 1.54) is 0 Å². The Morgan fingerprint density at radius 3 is 3.14 bits per heavy atom. The summed E-state index contributed by atoms with van der Waals surface area (Å²) in [6, 6.07) is 0. The van der Waals surface area contributed by atoms with Gasteiger partial charge in [0.05, 0.1) is 6.20 Å². The molecule has 37 valence electrons. The van der Waals surface area contributed by atoms with Gasteiger partial charge in [-0.25, -0.2) is 4.98 Å². The summed E-state index contributed by atoms with van der Waals surface area (Å²) >= 11 is 1.13. The molecule has 1 heterocycles. The van der Waals surface area contributed by atoms with E-state index in [1.807, 2.05) is 0 Å². The second kappa shape index (κ2) is 1.99. The Bertz CT molecular complexity index is 125. The molecule has 4 heteroatoms. The number of hydrogen-bond acceptors (Lipinski definition) is 3. The van der Waals surface area contributed by atoms with Gasteiger partial charge in [0, 0.05) is 0 Å². The first-order chi connectivity index (χ1) is 3.43. The van der Waals surface area contributed by atoms with Gasteiger partial charge in [0.15, 0.2) is 6.33 Å². The molecule has 3 N–H and O–H groups in total. The van der Waals surface area contributed by atoms with Crippen molar-refractivity contribution in [2.24, 2.45) is 5.14 Å². The van der Waals surface area contributed by atoms with Crippen LogP contribution in [0.3, 0.4) is 0 Å². The van der Waals surface area contributed by atoms with E-state index in [2.05, 4.69) is 16.3 Å². The number of nitrogens with one attached hydrogen (secondary N) is 1. The van der Waals surface area contributed by atoms with Gasteiger partial charge >= 0.3 is 0 Å². The molecule has 0 aliphatic carbocycles. The molecule has 3 nitrogen and oxygen atoms in total. The number of H-pyrrole nitrogens is 1. The van der Waals surface area contributed by atoms with Gasteiger partial charge in [0.25, 0.3) is 0 Å². The van der Waals surface area contributed by atoms with E-state index in [4.69, 9.17) is 5.14 Å². The molecule has 1 aromatic rings. The van der Waals surface area contributed by atoms with Crippen LogP contribution in [-0.2, 0) is 0 Å². The lowest BCUT2D eigenvalue weighted by Gasteiger charge is -1.78. The predicted octanol–water partition coefficient (Wildman–Crippen LogP) is 0.176. The molecular weight excluding hydrogens is 110 g/mol. The third-order valence-electron chi connectivity index (χ3n) is 0.552. The molecule has 0 unspecified atom stereocenters. The molecule has 0 atom stereocenters. The minimum Gasteiger partial charge on any atom is -0.330 e. The summed E-state index contributed by atoms with van der Waals surface area (Å²) in [7, 11) is 0. The zero-order chi connectivity index (χ0) is 5.11. The largest absolute Gasteiger partial charge is 0.330 e. The summed E-state index contributed by atoms with van der Waals surface area (Å²) in [5.41, 5.74) is 0. The molecule has 0 amide bonds. The Morgan fingerprint density at radius 2 is 2.86 bits per heavy atom. The number of nitrogens with zero attached hydrogens (tertiary/aromatic N) is 1. The van der Waals surface area contributed by atoms with Crippen molar-refractivity contribution in [2.75, 3.05) is 0 Å². The molecule has 0 aliphatic rings. The SMILES string of the molecule is NSc1cn[c][nH]1. The van der Waals surface area contributed by atoms with E-state index in [1.54, 1.807) is 6.20 Å². The van der Waals surface area contributed by atoms with Crippen molar-refractivity contribution in [3.8, 4) is 0 Å². The smallest absolute Gasteiger partial charge is 0.174 e. The van der Waals surface area contributed by atoms with Crippen LogP contribution in [0.25, 0.3) is 0 Å². The Labute approximate surface area is 45.5 Å². The number of hydrogen-bond donors (Lipinski definition) is 2. The fraction of sp³-hybridized carbons (Fsp3) is 0. The highest BCUT2D eigenvalue weighted by molar-refractivity contribution is 7.97. The molecule has 0 aliphatic heterocycles. The summed E-state index contributed by atoms with van der Waals surface area (Å²) in [4.78, 5) is 6.30. The minimum atomic E-state index is 0.833. The van der Waals surface area contributed by atoms with Crippen LogP contribution in [0, 0.1) is 6.33 Å². The standard InChI is InChI=1S/C3H4N3S/c4-7-3-1-5-2-6-3/h1H,4H2,(H,5,6). The number of imidazole rings is 1. The van der Waals surface area contributed by atoms with E-state index in [9.17, 15) is 0 Å². The molecule has 0 bridgehead atoms. The van der Waals surface area contributed by atoms with Gasteiger partial charge < -0.3 is 4.98 Å². The van der Waals surface area contributed by atoms with E-state index in [-0.39, 0.29) is 0 Å². The normalized spacial score (nSPS) is 9.29. The van der Waals surface area contributed by atoms with Gasteiger partial charge in [-0.15, -0.1) is 0 Å². The predicted molar refractivity (Wildman–Crippen MR) is 27.5 cm³/mol. The van der Waals surface area contributed by atoms with Crippen molar-refractivity contribution in [1.29, 1.82) is 0 Å². The van der Waals surface area contributed by atoms with Crippen molar-refractivity contribution < 1.29 is 0 Å². The third-order valence-corrected chi connectivity index (χ3v) is 1.01. The third kappa shape index (κ3) is 0.942. The highest BCUT2D eigenvalue weighted by atomic mass is 32.2. The molecule has 1 radical (unpaired) electrons. The number of rotatable bonds is 1. The summed E-state index contributed by atoms with van der Waals surface area (Å²) in [6.45, 7) is 0. The van der Waals surface area contributed by atoms with Crippen LogP contribution in [0.5, 0.6) is 0 Å². The zero-order valence-electron chi connectivity index (χ0n) is 3.51. The van der Waals surface area contributed by atoms with Crippen molar-refractivity contribution in [3.63, 3.8) is 0 Å². The van der Waals surface area contributed by atoms with E-state index < -0.39 is 0 Å². The highest BCUT2D eigenvalue weighted by Gasteiger charge is 1.84. The Kier molecular flexibility index (Phi) is 1.33. The Balaban J connectivity index is 2.76. The molecule has 0 saturated heterocycles. The second-order valence-corrected chi connectivity index (χ2v) is 1.65. The number of nitrogens with two attached hydrogens (primary N) is 1. The fourth-order valence-corrected chi connectivity index (χ4v) is 0.489. The molecular formula is C3H4N3S. The zero-order valence-corrected chi connectivity index (χ0v) is 4.33. The Morgan fingerprint density at radius 1 is 2.00 bits per heavy atom. The maximum absolute atomic E-state index is 5.12. The van der Waals surface area contributed by atoms with Gasteiger partial charge in [-0.2, -0.15) is 0 Å². The number of aromatic amines is 1. The van der Waals surface area contributed by atoms with Gasteiger partial charge in [0.1, 0.15) is 5.03 Å². The van der Waals surface area contributed by atoms with Crippen LogP contribution in [0.1, 0.15) is 0 Å². The van der Waals surface area contributed by atoms with Crippen molar-refractivity contribution >= 4 is 11.9 Å². The number of aromatic nitrogens is 2.